The molecule has 8 nitrogen and oxygen atoms in total. The number of sulfonamides is 1. The molecule has 15 heteroatoms. The third-order valence-corrected chi connectivity index (χ3v) is 12.4. The van der Waals surface area contributed by atoms with Crippen molar-refractivity contribution in [3.05, 3.63) is 104 Å². The van der Waals surface area contributed by atoms with Crippen molar-refractivity contribution in [2.45, 2.75) is 60.4 Å². The molecule has 270 valence electrons. The quantitative estimate of drug-likeness (QED) is 0.0711. The number of nitrogens with zero attached hydrogens (tertiary/aromatic N) is 4. The predicted octanol–water partition coefficient (Wildman–Crippen LogP) is 7.34. The first-order chi connectivity index (χ1) is 23.2. The van der Waals surface area contributed by atoms with Gasteiger partial charge in [0.05, 0.1) is 66.5 Å². The lowest BCUT2D eigenvalue weighted by Gasteiger charge is -2.29. The molecule has 1 heterocycles. The van der Waals surface area contributed by atoms with Gasteiger partial charge in [0, 0.05) is 34.5 Å². The van der Waals surface area contributed by atoms with Crippen LogP contribution in [-0.4, -0.2) is 73.5 Å². The molecule has 0 bridgehead atoms. The topological polar surface area (TPSA) is 95.3 Å². The average Bonchev–Trinajstić information content (AvgIpc) is 3.46. The standard InChI is InChI=1S/C35H39Cl3F2N4O4S2/c1-35(2,22-10-15-27(36)29(38)17-22)32-20-41-34(43(32)24-13-11-23(39)12-14-24)49-21-26-28(37)18-25(19-30(26)40)50(47,48)42(3)31(33(45)46)9-7-8-16-44(4,5)6/h10-15,17-20,31H,7-9,16,21H2,1-6H3/t31-/m0/s1. The van der Waals surface area contributed by atoms with Gasteiger partial charge in [-0.3, -0.25) is 4.57 Å². The van der Waals surface area contributed by atoms with Crippen LogP contribution in [0.5, 0.6) is 0 Å². The first-order valence-corrected chi connectivity index (χ1v) is 19.2. The van der Waals surface area contributed by atoms with Crippen molar-refractivity contribution in [1.82, 2.24) is 13.9 Å². The van der Waals surface area contributed by atoms with Gasteiger partial charge in [0.1, 0.15) is 11.6 Å². The molecule has 0 amide bonds. The number of benzene rings is 3. The summed E-state index contributed by atoms with van der Waals surface area (Å²) in [5.41, 5.74) is 1.52. The van der Waals surface area contributed by atoms with Crippen LogP contribution in [0.1, 0.15) is 49.9 Å². The highest BCUT2D eigenvalue weighted by molar-refractivity contribution is 7.98. The van der Waals surface area contributed by atoms with Gasteiger partial charge in [-0.25, -0.2) is 22.2 Å². The Bertz CT molecular complexity index is 1940. The molecule has 0 N–H and O–H groups in total. The molecule has 0 saturated heterocycles. The molecule has 0 fully saturated rings. The van der Waals surface area contributed by atoms with E-state index in [9.17, 15) is 22.7 Å². The van der Waals surface area contributed by atoms with Crippen molar-refractivity contribution >= 4 is 62.6 Å². The van der Waals surface area contributed by atoms with Gasteiger partial charge in [-0.15, -0.1) is 0 Å². The number of hydrogen-bond donors (Lipinski definition) is 0. The molecule has 1 atom stereocenters. The number of halogens is 5. The summed E-state index contributed by atoms with van der Waals surface area (Å²) in [6.45, 7) is 4.72. The number of aliphatic carboxylic acids is 1. The summed E-state index contributed by atoms with van der Waals surface area (Å²) in [4.78, 5) is 16.1. The van der Waals surface area contributed by atoms with Crippen LogP contribution in [0.15, 0.2) is 70.8 Å². The molecule has 4 rings (SSSR count). The summed E-state index contributed by atoms with van der Waals surface area (Å²) < 4.78 is 59.8. The number of imidazole rings is 1. The summed E-state index contributed by atoms with van der Waals surface area (Å²) in [7, 11) is 2.69. The summed E-state index contributed by atoms with van der Waals surface area (Å²) >= 11 is 20.2. The van der Waals surface area contributed by atoms with Crippen LogP contribution in [0, 0.1) is 11.6 Å². The van der Waals surface area contributed by atoms with Crippen molar-refractivity contribution in [2.75, 3.05) is 34.7 Å². The second kappa shape index (κ2) is 15.9. The van der Waals surface area contributed by atoms with E-state index in [4.69, 9.17) is 34.8 Å². The molecule has 0 radical (unpaired) electrons. The average molecular weight is 788 g/mol. The second-order valence-corrected chi connectivity index (χ2v) is 17.7. The van der Waals surface area contributed by atoms with Gasteiger partial charge in [-0.05, 0) is 73.4 Å². The molecule has 0 unspecified atom stereocenters. The molecule has 0 aliphatic heterocycles. The zero-order chi connectivity index (χ0) is 37.2. The molecule has 0 aliphatic rings. The molecule has 4 aromatic rings. The lowest BCUT2D eigenvalue weighted by atomic mass is 9.81. The minimum Gasteiger partial charge on any atom is -0.548 e. The molecule has 0 spiro atoms. The van der Waals surface area contributed by atoms with E-state index in [-0.39, 0.29) is 22.8 Å². The molecule has 0 saturated carbocycles. The highest BCUT2D eigenvalue weighted by Gasteiger charge is 2.32. The Labute approximate surface area is 311 Å². The third kappa shape index (κ3) is 9.20. The fraction of sp³-hybridized carbons (Fsp3) is 0.371. The van der Waals surface area contributed by atoms with Gasteiger partial charge in [0.2, 0.25) is 10.0 Å². The number of hydrogen-bond acceptors (Lipinski definition) is 6. The Kier molecular flexibility index (Phi) is 12.7. The van der Waals surface area contributed by atoms with Gasteiger partial charge in [-0.1, -0.05) is 66.5 Å². The largest absolute Gasteiger partial charge is 0.548 e. The Morgan fingerprint density at radius 2 is 1.66 bits per heavy atom. The van der Waals surface area contributed by atoms with E-state index in [0.29, 0.717) is 42.5 Å². The highest BCUT2D eigenvalue weighted by atomic mass is 35.5. The van der Waals surface area contributed by atoms with E-state index in [1.165, 1.54) is 12.1 Å². The van der Waals surface area contributed by atoms with E-state index < -0.39 is 44.0 Å². The Morgan fingerprint density at radius 1 is 1.00 bits per heavy atom. The minimum atomic E-state index is -4.46. The van der Waals surface area contributed by atoms with Crippen LogP contribution in [0.2, 0.25) is 15.1 Å². The summed E-state index contributed by atoms with van der Waals surface area (Å²) in [6, 6.07) is 11.7. The monoisotopic (exact) mass is 786 g/mol. The number of likely N-dealkylation sites (N-methyl/N-ethyl adjacent to an activating group) is 1. The van der Waals surface area contributed by atoms with Crippen LogP contribution < -0.4 is 5.11 Å². The number of rotatable bonds is 15. The molecular weight excluding hydrogens is 749 g/mol. The minimum absolute atomic E-state index is 0.0222. The maximum absolute atomic E-state index is 15.7. The van der Waals surface area contributed by atoms with E-state index in [1.54, 1.807) is 30.5 Å². The number of carboxylic acids is 1. The Hall–Kier alpha value is -2.71. The smallest absolute Gasteiger partial charge is 0.243 e. The van der Waals surface area contributed by atoms with E-state index >= 15 is 4.39 Å². The Balaban J connectivity index is 1.63. The van der Waals surface area contributed by atoms with Crippen molar-refractivity contribution in [2.24, 2.45) is 0 Å². The first-order valence-electron chi connectivity index (χ1n) is 15.6. The number of aromatic nitrogens is 2. The van der Waals surface area contributed by atoms with Gasteiger partial charge in [0.15, 0.2) is 5.16 Å². The molecule has 1 aromatic heterocycles. The summed E-state index contributed by atoms with van der Waals surface area (Å²) in [6.07, 6.45) is 2.85. The summed E-state index contributed by atoms with van der Waals surface area (Å²) in [5, 5.41) is 13.0. The fourth-order valence-electron chi connectivity index (χ4n) is 5.46. The zero-order valence-corrected chi connectivity index (χ0v) is 32.4. The van der Waals surface area contributed by atoms with Gasteiger partial charge < -0.3 is 14.4 Å². The fourth-order valence-corrected chi connectivity index (χ4v) is 8.58. The molecule has 0 aliphatic carbocycles. The number of unbranched alkanes of at least 4 members (excludes halogenated alkanes) is 1. The highest BCUT2D eigenvalue weighted by Crippen LogP contribution is 2.39. The number of carbonyl (C=O) groups is 1. The number of quaternary nitrogens is 1. The van der Waals surface area contributed by atoms with Gasteiger partial charge in [-0.2, -0.15) is 4.31 Å². The molecular formula is C35H39Cl3F2N4O4S2. The zero-order valence-electron chi connectivity index (χ0n) is 28.5. The third-order valence-electron chi connectivity index (χ3n) is 8.50. The van der Waals surface area contributed by atoms with E-state index in [2.05, 4.69) is 4.98 Å². The van der Waals surface area contributed by atoms with Crippen molar-refractivity contribution in [1.29, 1.82) is 0 Å². The van der Waals surface area contributed by atoms with Gasteiger partial charge in [0.25, 0.3) is 0 Å². The maximum Gasteiger partial charge on any atom is 0.243 e. The Morgan fingerprint density at radius 3 is 2.24 bits per heavy atom. The lowest BCUT2D eigenvalue weighted by Crippen LogP contribution is -2.48. The first kappa shape index (κ1) is 40.1. The predicted molar refractivity (Wildman–Crippen MR) is 194 cm³/mol. The van der Waals surface area contributed by atoms with Crippen LogP contribution in [0.25, 0.3) is 5.69 Å². The summed E-state index contributed by atoms with van der Waals surface area (Å²) in [5.74, 6) is -2.89. The number of carboxylic acid groups (broad SMARTS) is 1. The van der Waals surface area contributed by atoms with Crippen molar-refractivity contribution in [3.8, 4) is 5.69 Å². The van der Waals surface area contributed by atoms with Crippen LogP contribution in [0.4, 0.5) is 8.78 Å². The van der Waals surface area contributed by atoms with Crippen LogP contribution in [0.3, 0.4) is 0 Å². The molecule has 3 aromatic carbocycles. The lowest BCUT2D eigenvalue weighted by molar-refractivity contribution is -0.870. The van der Waals surface area contributed by atoms with E-state index in [1.807, 2.05) is 45.6 Å². The normalized spacial score (nSPS) is 13.2. The molecule has 50 heavy (non-hydrogen) atoms. The van der Waals surface area contributed by atoms with E-state index in [0.717, 1.165) is 48.7 Å². The van der Waals surface area contributed by atoms with Gasteiger partial charge >= 0.3 is 0 Å². The van der Waals surface area contributed by atoms with Crippen LogP contribution >= 0.6 is 46.6 Å². The number of carbonyl (C=O) groups excluding carboxylic acids is 1. The van der Waals surface area contributed by atoms with Crippen molar-refractivity contribution < 1.29 is 31.6 Å². The second-order valence-electron chi connectivity index (χ2n) is 13.5. The van der Waals surface area contributed by atoms with Crippen molar-refractivity contribution in [3.63, 3.8) is 0 Å². The maximum atomic E-state index is 15.7. The number of thioether (sulfide) groups is 1. The van der Waals surface area contributed by atoms with Crippen LogP contribution in [-0.2, 0) is 26.0 Å². The SMILES string of the molecule is CN([C@@H](CCCC[N+](C)(C)C)C(=O)[O-])S(=O)(=O)c1cc(F)c(CSc2ncc(C(C)(C)c3ccc(Cl)c(Cl)c3)n2-c2ccc(F)cc2)c(Cl)c1.